The smallest absolute Gasteiger partial charge is 0.248 e. The quantitative estimate of drug-likeness (QED) is 0.743. The molecule has 1 aliphatic heterocycles. The number of amides is 1. The molecule has 1 aliphatic rings. The van der Waals surface area contributed by atoms with E-state index in [0.717, 1.165) is 4.31 Å². The maximum Gasteiger partial charge on any atom is 0.248 e. The van der Waals surface area contributed by atoms with Crippen molar-refractivity contribution in [1.82, 2.24) is 4.31 Å². The van der Waals surface area contributed by atoms with Gasteiger partial charge in [-0.1, -0.05) is 6.07 Å². The molecule has 3 rings (SSSR count). The van der Waals surface area contributed by atoms with Gasteiger partial charge >= 0.3 is 0 Å². The van der Waals surface area contributed by atoms with Crippen LogP contribution < -0.4 is 19.5 Å². The molecule has 9 heteroatoms. The summed E-state index contributed by atoms with van der Waals surface area (Å²) in [7, 11) is 0.595. The van der Waals surface area contributed by atoms with Crippen LogP contribution in [0.1, 0.15) is 5.56 Å². The summed E-state index contributed by atoms with van der Waals surface area (Å²) in [6, 6.07) is 9.75. The van der Waals surface area contributed by atoms with E-state index >= 15 is 0 Å². The van der Waals surface area contributed by atoms with Crippen molar-refractivity contribution in [3.8, 4) is 17.2 Å². The van der Waals surface area contributed by atoms with E-state index in [-0.39, 0.29) is 23.3 Å². The number of hydrogen-bond acceptors (Lipinski definition) is 6. The summed E-state index contributed by atoms with van der Waals surface area (Å²) in [4.78, 5) is 12.2. The molecule has 0 saturated carbocycles. The number of anilines is 1. The molecule has 1 heterocycles. The number of nitrogens with zero attached hydrogens (tertiary/aromatic N) is 1. The third-order valence-corrected chi connectivity index (χ3v) is 5.85. The Bertz CT molecular complexity index is 1030. The number of methoxy groups -OCH3 is 1. The number of hydrogen-bond donors (Lipinski definition) is 1. The lowest BCUT2D eigenvalue weighted by molar-refractivity contribution is -0.111. The Balaban J connectivity index is 1.77. The maximum absolute atomic E-state index is 12.5. The molecule has 0 radical (unpaired) electrons. The summed E-state index contributed by atoms with van der Waals surface area (Å²) in [5.74, 6) is 1.05. The van der Waals surface area contributed by atoms with Gasteiger partial charge in [-0.2, -0.15) is 0 Å². The Labute approximate surface area is 163 Å². The van der Waals surface area contributed by atoms with Gasteiger partial charge in [-0.3, -0.25) is 4.79 Å². The van der Waals surface area contributed by atoms with Gasteiger partial charge in [-0.15, -0.1) is 0 Å². The number of nitrogens with one attached hydrogen (secondary N) is 1. The third-order valence-electron chi connectivity index (χ3n) is 4.01. The van der Waals surface area contributed by atoms with Crippen molar-refractivity contribution < 1.29 is 27.4 Å². The summed E-state index contributed by atoms with van der Waals surface area (Å²) >= 11 is 0. The van der Waals surface area contributed by atoms with Crippen LogP contribution in [0.5, 0.6) is 17.2 Å². The fraction of sp³-hybridized carbons (Fsp3) is 0.211. The molecule has 1 amide bonds. The van der Waals surface area contributed by atoms with E-state index in [1.165, 1.54) is 39.4 Å². The Kier molecular flexibility index (Phi) is 5.57. The molecule has 0 saturated heterocycles. The molecule has 0 unspecified atom stereocenters. The fourth-order valence-corrected chi connectivity index (χ4v) is 3.61. The largest absolute Gasteiger partial charge is 0.495 e. The number of carbonyl (C=O) groups excluding carboxylic acids is 1. The molecule has 148 valence electrons. The van der Waals surface area contributed by atoms with Crippen LogP contribution in [0, 0.1) is 0 Å². The van der Waals surface area contributed by atoms with Gasteiger partial charge in [0.05, 0.1) is 7.11 Å². The topological polar surface area (TPSA) is 94.2 Å². The Hall–Kier alpha value is -3.04. The minimum Gasteiger partial charge on any atom is -0.495 e. The van der Waals surface area contributed by atoms with Gasteiger partial charge in [-0.05, 0) is 35.9 Å². The second-order valence-electron chi connectivity index (χ2n) is 6.09. The van der Waals surface area contributed by atoms with Crippen molar-refractivity contribution >= 4 is 27.7 Å². The zero-order valence-corrected chi connectivity index (χ0v) is 16.4. The predicted octanol–water partition coefficient (Wildman–Crippen LogP) is 2.33. The standard InChI is InChI=1S/C19H20N2O6S/c1-21(2)28(23,24)18-10-13(4-7-16(18)25-3)5-9-19(22)20-14-6-8-15-17(11-14)27-12-26-15/h4-11H,12H2,1-3H3,(H,20,22)/b9-5+. The van der Waals surface area contributed by atoms with Crippen LogP contribution >= 0.6 is 0 Å². The van der Waals surface area contributed by atoms with E-state index in [1.54, 1.807) is 30.3 Å². The lowest BCUT2D eigenvalue weighted by Crippen LogP contribution is -2.22. The molecule has 0 aliphatic carbocycles. The summed E-state index contributed by atoms with van der Waals surface area (Å²) in [6.07, 6.45) is 2.84. The predicted molar refractivity (Wildman–Crippen MR) is 104 cm³/mol. The number of carbonyl (C=O) groups is 1. The average molecular weight is 404 g/mol. The van der Waals surface area contributed by atoms with Gasteiger partial charge in [-0.25, -0.2) is 12.7 Å². The SMILES string of the molecule is COc1ccc(/C=C/C(=O)Nc2ccc3c(c2)OCO3)cc1S(=O)(=O)N(C)C. The summed E-state index contributed by atoms with van der Waals surface area (Å²) in [6.45, 7) is 0.155. The van der Waals surface area contributed by atoms with Gasteiger partial charge in [0.2, 0.25) is 22.7 Å². The van der Waals surface area contributed by atoms with E-state index in [9.17, 15) is 13.2 Å². The van der Waals surface area contributed by atoms with E-state index in [4.69, 9.17) is 14.2 Å². The molecule has 0 spiro atoms. The molecule has 0 bridgehead atoms. The highest BCUT2D eigenvalue weighted by molar-refractivity contribution is 7.89. The van der Waals surface area contributed by atoms with Crippen LogP contribution in [0.4, 0.5) is 5.69 Å². The average Bonchev–Trinajstić information content (AvgIpc) is 3.13. The zero-order valence-electron chi connectivity index (χ0n) is 15.6. The van der Waals surface area contributed by atoms with Crippen LogP contribution in [-0.4, -0.2) is 46.6 Å². The van der Waals surface area contributed by atoms with Crippen LogP contribution in [0.15, 0.2) is 47.4 Å². The zero-order chi connectivity index (χ0) is 20.3. The Morgan fingerprint density at radius 3 is 2.61 bits per heavy atom. The van der Waals surface area contributed by atoms with Gasteiger partial charge in [0, 0.05) is 31.9 Å². The molecule has 8 nitrogen and oxygen atoms in total. The summed E-state index contributed by atoms with van der Waals surface area (Å²) in [5, 5.41) is 2.72. The van der Waals surface area contributed by atoms with Crippen molar-refractivity contribution in [1.29, 1.82) is 0 Å². The van der Waals surface area contributed by atoms with Crippen molar-refractivity contribution in [2.45, 2.75) is 4.90 Å². The molecule has 1 N–H and O–H groups in total. The number of fused-ring (bicyclic) bond motifs is 1. The van der Waals surface area contributed by atoms with E-state index < -0.39 is 10.0 Å². The fourth-order valence-electron chi connectivity index (χ4n) is 2.53. The summed E-state index contributed by atoms with van der Waals surface area (Å²) < 4.78 is 41.7. The molecular weight excluding hydrogens is 384 g/mol. The first-order valence-corrected chi connectivity index (χ1v) is 9.74. The lowest BCUT2D eigenvalue weighted by atomic mass is 10.2. The molecule has 0 atom stereocenters. The van der Waals surface area contributed by atoms with Crippen molar-refractivity contribution in [2.24, 2.45) is 0 Å². The van der Waals surface area contributed by atoms with E-state index in [2.05, 4.69) is 5.32 Å². The maximum atomic E-state index is 12.5. The monoisotopic (exact) mass is 404 g/mol. The first kappa shape index (κ1) is 19.7. The van der Waals surface area contributed by atoms with Crippen LogP contribution in [-0.2, 0) is 14.8 Å². The number of ether oxygens (including phenoxy) is 3. The number of sulfonamides is 1. The molecule has 0 aromatic heterocycles. The van der Waals surface area contributed by atoms with Gasteiger partial charge < -0.3 is 19.5 Å². The van der Waals surface area contributed by atoms with Crippen molar-refractivity contribution in [3.05, 3.63) is 48.0 Å². The first-order chi connectivity index (χ1) is 13.3. The summed E-state index contributed by atoms with van der Waals surface area (Å²) in [5.41, 5.74) is 1.10. The third kappa shape index (κ3) is 4.10. The Morgan fingerprint density at radius 1 is 1.14 bits per heavy atom. The molecule has 0 fully saturated rings. The van der Waals surface area contributed by atoms with Crippen molar-refractivity contribution in [2.75, 3.05) is 33.3 Å². The highest BCUT2D eigenvalue weighted by Crippen LogP contribution is 2.34. The second-order valence-corrected chi connectivity index (χ2v) is 8.21. The number of rotatable bonds is 6. The van der Waals surface area contributed by atoms with Crippen LogP contribution in [0.2, 0.25) is 0 Å². The highest BCUT2D eigenvalue weighted by atomic mass is 32.2. The molecular formula is C19H20N2O6S. The highest BCUT2D eigenvalue weighted by Gasteiger charge is 2.22. The van der Waals surface area contributed by atoms with Crippen LogP contribution in [0.3, 0.4) is 0 Å². The number of benzene rings is 2. The van der Waals surface area contributed by atoms with Gasteiger partial charge in [0.15, 0.2) is 11.5 Å². The first-order valence-electron chi connectivity index (χ1n) is 8.30. The molecule has 2 aromatic rings. The lowest BCUT2D eigenvalue weighted by Gasteiger charge is -2.15. The van der Waals surface area contributed by atoms with Crippen LogP contribution in [0.25, 0.3) is 6.08 Å². The van der Waals surface area contributed by atoms with Gasteiger partial charge in [0.25, 0.3) is 0 Å². The molecule has 2 aromatic carbocycles. The Morgan fingerprint density at radius 2 is 1.89 bits per heavy atom. The second kappa shape index (κ2) is 7.91. The minimum atomic E-state index is -3.69. The molecule has 28 heavy (non-hydrogen) atoms. The van der Waals surface area contributed by atoms with Crippen molar-refractivity contribution in [3.63, 3.8) is 0 Å². The minimum absolute atomic E-state index is 0.0262. The van der Waals surface area contributed by atoms with E-state index in [1.807, 2.05) is 0 Å². The normalized spacial score (nSPS) is 13.1. The van der Waals surface area contributed by atoms with E-state index in [0.29, 0.717) is 22.7 Å². The van der Waals surface area contributed by atoms with Gasteiger partial charge in [0.1, 0.15) is 10.6 Å².